The van der Waals surface area contributed by atoms with E-state index >= 15 is 0 Å². The van der Waals surface area contributed by atoms with Crippen LogP contribution in [0.1, 0.15) is 32.6 Å². The molecular formula is C16H28N4O3. The lowest BCUT2D eigenvalue weighted by Crippen LogP contribution is -2.59. The number of fused-ring (bicyclic) bond motifs is 1. The molecule has 1 unspecified atom stereocenters. The number of carbonyl (C=O) groups is 2. The monoisotopic (exact) mass is 324 g/mol. The number of carboxylic acids is 1. The van der Waals surface area contributed by atoms with Crippen molar-refractivity contribution in [2.24, 2.45) is 0 Å². The van der Waals surface area contributed by atoms with Gasteiger partial charge in [0.1, 0.15) is 0 Å². The number of urea groups is 1. The number of aliphatic carboxylic acids is 1. The second-order valence-corrected chi connectivity index (χ2v) is 7.01. The van der Waals surface area contributed by atoms with Crippen molar-refractivity contribution in [1.29, 1.82) is 0 Å². The van der Waals surface area contributed by atoms with Gasteiger partial charge in [-0.2, -0.15) is 0 Å². The molecule has 3 rings (SSSR count). The van der Waals surface area contributed by atoms with Crippen molar-refractivity contribution in [3.8, 4) is 0 Å². The summed E-state index contributed by atoms with van der Waals surface area (Å²) in [6, 6.07) is 1.08. The van der Waals surface area contributed by atoms with E-state index < -0.39 is 5.97 Å². The molecule has 7 heteroatoms. The Kier molecular flexibility index (Phi) is 5.06. The highest BCUT2D eigenvalue weighted by molar-refractivity contribution is 5.75. The number of hydrogen-bond acceptors (Lipinski definition) is 4. The molecule has 2 N–H and O–H groups in total. The first-order chi connectivity index (χ1) is 11.1. The van der Waals surface area contributed by atoms with Gasteiger partial charge in [-0.1, -0.05) is 6.92 Å². The van der Waals surface area contributed by atoms with Crippen LogP contribution in [0.3, 0.4) is 0 Å². The Morgan fingerprint density at radius 3 is 2.74 bits per heavy atom. The van der Waals surface area contributed by atoms with Crippen molar-refractivity contribution in [2.75, 3.05) is 39.3 Å². The topological polar surface area (TPSA) is 76.1 Å². The maximum Gasteiger partial charge on any atom is 0.317 e. The Bertz CT molecular complexity index is 453. The lowest BCUT2D eigenvalue weighted by Gasteiger charge is -2.44. The van der Waals surface area contributed by atoms with E-state index in [2.05, 4.69) is 10.2 Å². The van der Waals surface area contributed by atoms with Crippen molar-refractivity contribution in [3.05, 3.63) is 0 Å². The molecular weight excluding hydrogens is 296 g/mol. The minimum absolute atomic E-state index is 0.0567. The molecule has 130 valence electrons. The third-order valence-electron chi connectivity index (χ3n) is 5.58. The van der Waals surface area contributed by atoms with E-state index in [4.69, 9.17) is 5.11 Å². The molecule has 1 atom stereocenters. The van der Waals surface area contributed by atoms with Crippen LogP contribution in [-0.2, 0) is 4.79 Å². The van der Waals surface area contributed by atoms with Crippen LogP contribution >= 0.6 is 0 Å². The summed E-state index contributed by atoms with van der Waals surface area (Å²) in [5, 5.41) is 12.0. The number of carbonyl (C=O) groups excluding carboxylic acids is 1. The normalized spacial score (nSPS) is 30.9. The standard InChI is InChI=1S/C16H28N4O3/c1-2-18(11-15(21)22)14-8-12(9-14)17-16(23)20-7-6-19-5-3-4-13(19)10-20/h12-14H,2-11H2,1H3,(H,17,23)(H,21,22). The zero-order chi connectivity index (χ0) is 16.4. The van der Waals surface area contributed by atoms with Crippen LogP contribution in [0.5, 0.6) is 0 Å². The summed E-state index contributed by atoms with van der Waals surface area (Å²) < 4.78 is 0. The average molecular weight is 324 g/mol. The number of rotatable bonds is 5. The summed E-state index contributed by atoms with van der Waals surface area (Å²) in [5.41, 5.74) is 0. The highest BCUT2D eigenvalue weighted by Gasteiger charge is 2.37. The third kappa shape index (κ3) is 3.77. The van der Waals surface area contributed by atoms with Crippen LogP contribution < -0.4 is 5.32 Å². The summed E-state index contributed by atoms with van der Waals surface area (Å²) in [5.74, 6) is -0.784. The van der Waals surface area contributed by atoms with E-state index in [1.54, 1.807) is 0 Å². The van der Waals surface area contributed by atoms with Gasteiger partial charge in [0, 0.05) is 37.8 Å². The first kappa shape index (κ1) is 16.5. The fourth-order valence-electron chi connectivity index (χ4n) is 4.12. The van der Waals surface area contributed by atoms with Gasteiger partial charge in [-0.3, -0.25) is 14.6 Å². The van der Waals surface area contributed by atoms with Gasteiger partial charge in [0.2, 0.25) is 0 Å². The van der Waals surface area contributed by atoms with Crippen LogP contribution in [-0.4, -0.2) is 89.2 Å². The second-order valence-electron chi connectivity index (χ2n) is 7.01. The molecule has 0 bridgehead atoms. The fourth-order valence-corrected chi connectivity index (χ4v) is 4.12. The molecule has 2 aliphatic heterocycles. The Morgan fingerprint density at radius 2 is 2.04 bits per heavy atom. The van der Waals surface area contributed by atoms with Crippen molar-refractivity contribution in [3.63, 3.8) is 0 Å². The highest BCUT2D eigenvalue weighted by atomic mass is 16.4. The first-order valence-corrected chi connectivity index (χ1v) is 8.82. The molecule has 0 aromatic rings. The molecule has 2 amide bonds. The molecule has 0 radical (unpaired) electrons. The number of nitrogens with one attached hydrogen (secondary N) is 1. The molecule has 0 aromatic carbocycles. The zero-order valence-corrected chi connectivity index (χ0v) is 13.9. The molecule has 0 spiro atoms. The lowest BCUT2D eigenvalue weighted by atomic mass is 9.85. The van der Waals surface area contributed by atoms with Crippen LogP contribution in [0.2, 0.25) is 0 Å². The summed E-state index contributed by atoms with van der Waals surface area (Å²) >= 11 is 0. The molecule has 2 saturated heterocycles. The first-order valence-electron chi connectivity index (χ1n) is 8.82. The predicted octanol–water partition coefficient (Wildman–Crippen LogP) is 0.414. The minimum Gasteiger partial charge on any atom is -0.480 e. The minimum atomic E-state index is -0.784. The van der Waals surface area contributed by atoms with Crippen molar-refractivity contribution < 1.29 is 14.7 Å². The molecule has 1 aliphatic carbocycles. The van der Waals surface area contributed by atoms with Gasteiger partial charge in [-0.25, -0.2) is 4.79 Å². The zero-order valence-electron chi connectivity index (χ0n) is 13.9. The number of hydrogen-bond donors (Lipinski definition) is 2. The summed E-state index contributed by atoms with van der Waals surface area (Å²) in [7, 11) is 0. The molecule has 23 heavy (non-hydrogen) atoms. The van der Waals surface area contributed by atoms with Crippen molar-refractivity contribution >= 4 is 12.0 Å². The number of likely N-dealkylation sites (N-methyl/N-ethyl adjacent to an activating group) is 1. The van der Waals surface area contributed by atoms with Gasteiger partial charge in [0.05, 0.1) is 6.54 Å². The Morgan fingerprint density at radius 1 is 1.26 bits per heavy atom. The quantitative estimate of drug-likeness (QED) is 0.766. The molecule has 1 saturated carbocycles. The van der Waals surface area contributed by atoms with Gasteiger partial charge < -0.3 is 15.3 Å². The van der Waals surface area contributed by atoms with Crippen molar-refractivity contribution in [2.45, 2.75) is 50.7 Å². The van der Waals surface area contributed by atoms with Gasteiger partial charge in [-0.05, 0) is 38.8 Å². The van der Waals surface area contributed by atoms with Gasteiger partial charge in [0.15, 0.2) is 0 Å². The van der Waals surface area contributed by atoms with E-state index in [0.29, 0.717) is 6.04 Å². The Hall–Kier alpha value is -1.34. The molecule has 2 heterocycles. The number of carboxylic acid groups (broad SMARTS) is 1. The Balaban J connectivity index is 1.41. The fraction of sp³-hybridized carbons (Fsp3) is 0.875. The van der Waals surface area contributed by atoms with Crippen LogP contribution in [0.25, 0.3) is 0 Å². The molecule has 3 fully saturated rings. The maximum absolute atomic E-state index is 12.4. The van der Waals surface area contributed by atoms with Gasteiger partial charge in [-0.15, -0.1) is 0 Å². The summed E-state index contributed by atoms with van der Waals surface area (Å²) in [4.78, 5) is 29.7. The average Bonchev–Trinajstić information content (AvgIpc) is 2.95. The molecule has 7 nitrogen and oxygen atoms in total. The lowest BCUT2D eigenvalue weighted by molar-refractivity contribution is -0.139. The third-order valence-corrected chi connectivity index (χ3v) is 5.58. The van der Waals surface area contributed by atoms with Crippen LogP contribution in [0.15, 0.2) is 0 Å². The van der Waals surface area contributed by atoms with E-state index in [0.717, 1.165) is 39.0 Å². The smallest absolute Gasteiger partial charge is 0.317 e. The maximum atomic E-state index is 12.4. The molecule has 0 aromatic heterocycles. The van der Waals surface area contributed by atoms with Crippen LogP contribution in [0, 0.1) is 0 Å². The summed E-state index contributed by atoms with van der Waals surface area (Å²) in [6.07, 6.45) is 4.17. The van der Waals surface area contributed by atoms with E-state index in [9.17, 15) is 9.59 Å². The highest BCUT2D eigenvalue weighted by Crippen LogP contribution is 2.26. The SMILES string of the molecule is CCN(CC(=O)O)C1CC(NC(=O)N2CCN3CCCC3C2)C1. The van der Waals surface area contributed by atoms with Gasteiger partial charge in [0.25, 0.3) is 0 Å². The number of amides is 2. The van der Waals surface area contributed by atoms with E-state index in [-0.39, 0.29) is 24.7 Å². The summed E-state index contributed by atoms with van der Waals surface area (Å²) in [6.45, 7) is 6.65. The number of piperazine rings is 1. The van der Waals surface area contributed by atoms with Crippen molar-refractivity contribution in [1.82, 2.24) is 20.0 Å². The van der Waals surface area contributed by atoms with Gasteiger partial charge >= 0.3 is 12.0 Å². The van der Waals surface area contributed by atoms with E-state index in [1.165, 1.54) is 19.4 Å². The van der Waals surface area contributed by atoms with Crippen LogP contribution in [0.4, 0.5) is 4.79 Å². The second kappa shape index (κ2) is 7.05. The Labute approximate surface area is 137 Å². The molecule has 3 aliphatic rings. The predicted molar refractivity (Wildman–Crippen MR) is 86.4 cm³/mol. The largest absolute Gasteiger partial charge is 0.480 e. The number of nitrogens with zero attached hydrogens (tertiary/aromatic N) is 3. The van der Waals surface area contributed by atoms with E-state index in [1.807, 2.05) is 16.7 Å².